The molecule has 0 fully saturated rings. The summed E-state index contributed by atoms with van der Waals surface area (Å²) in [4.78, 5) is 0. The van der Waals surface area contributed by atoms with E-state index in [0.717, 1.165) is 33.3 Å². The van der Waals surface area contributed by atoms with Gasteiger partial charge in [0.1, 0.15) is 0 Å². The van der Waals surface area contributed by atoms with E-state index in [9.17, 15) is 0 Å². The summed E-state index contributed by atoms with van der Waals surface area (Å²) in [6.07, 6.45) is 3.19. The van der Waals surface area contributed by atoms with Gasteiger partial charge in [0.15, 0.2) is 11.5 Å². The predicted octanol–water partition coefficient (Wildman–Crippen LogP) is 5.04. The fourth-order valence-corrected chi connectivity index (χ4v) is 2.71. The minimum absolute atomic E-state index is 0.617. The van der Waals surface area contributed by atoms with Crippen LogP contribution >= 0.6 is 31.9 Å². The van der Waals surface area contributed by atoms with Gasteiger partial charge in [0.2, 0.25) is 0 Å². The van der Waals surface area contributed by atoms with Crippen LogP contribution in [-0.4, -0.2) is 19.0 Å². The zero-order chi connectivity index (χ0) is 13.5. The third-order valence-electron chi connectivity index (χ3n) is 2.54. The minimum Gasteiger partial charge on any atom is -0.493 e. The first kappa shape index (κ1) is 15.6. The third kappa shape index (κ3) is 4.02. The highest BCUT2D eigenvalue weighted by atomic mass is 79.9. The van der Waals surface area contributed by atoms with Gasteiger partial charge in [-0.2, -0.15) is 0 Å². The van der Waals surface area contributed by atoms with Crippen LogP contribution in [0.1, 0.15) is 25.8 Å². The van der Waals surface area contributed by atoms with Crippen LogP contribution in [0.25, 0.3) is 6.08 Å². The summed E-state index contributed by atoms with van der Waals surface area (Å²) < 4.78 is 11.9. The largest absolute Gasteiger partial charge is 0.493 e. The van der Waals surface area contributed by atoms with Gasteiger partial charge in [0.05, 0.1) is 18.2 Å². The first-order valence-electron chi connectivity index (χ1n) is 5.91. The molecule has 1 rings (SSSR count). The molecule has 0 heterocycles. The van der Waals surface area contributed by atoms with Crippen molar-refractivity contribution in [2.45, 2.75) is 20.3 Å². The van der Waals surface area contributed by atoms with Crippen molar-refractivity contribution >= 4 is 37.9 Å². The molecule has 18 heavy (non-hydrogen) atoms. The molecule has 1 aromatic rings. The Morgan fingerprint density at radius 1 is 1.33 bits per heavy atom. The van der Waals surface area contributed by atoms with Crippen LogP contribution < -0.4 is 9.47 Å². The van der Waals surface area contributed by atoms with Crippen molar-refractivity contribution in [2.24, 2.45) is 0 Å². The molecule has 0 unspecified atom stereocenters. The topological polar surface area (TPSA) is 18.5 Å². The molecule has 0 bridgehead atoms. The second-order valence-corrected chi connectivity index (χ2v) is 5.17. The van der Waals surface area contributed by atoms with Crippen LogP contribution in [-0.2, 0) is 0 Å². The lowest BCUT2D eigenvalue weighted by Gasteiger charge is -2.12. The number of hydrogen-bond donors (Lipinski definition) is 0. The third-order valence-corrected chi connectivity index (χ3v) is 3.85. The lowest BCUT2D eigenvalue weighted by molar-refractivity contribution is 0.309. The van der Waals surface area contributed by atoms with E-state index in [1.165, 1.54) is 5.57 Å². The summed E-state index contributed by atoms with van der Waals surface area (Å²) in [5.74, 6) is 1.51. The second kappa shape index (κ2) is 7.85. The van der Waals surface area contributed by atoms with Crippen molar-refractivity contribution in [3.63, 3.8) is 0 Å². The van der Waals surface area contributed by atoms with Gasteiger partial charge in [-0.15, -0.1) is 0 Å². The molecule has 0 N–H and O–H groups in total. The Morgan fingerprint density at radius 2 is 2.06 bits per heavy atom. The van der Waals surface area contributed by atoms with Crippen molar-refractivity contribution in [3.05, 3.63) is 27.7 Å². The lowest BCUT2D eigenvalue weighted by Crippen LogP contribution is -1.97. The maximum atomic E-state index is 5.57. The summed E-state index contributed by atoms with van der Waals surface area (Å²) in [5, 5.41) is 0.886. The number of hydrogen-bond acceptors (Lipinski definition) is 2. The van der Waals surface area contributed by atoms with Crippen molar-refractivity contribution in [1.29, 1.82) is 0 Å². The standard InChI is InChI=1S/C14H18Br2O2/c1-4-10(9-15)6-11-7-12(16)14(18-5-2)13(8-11)17-3/h6-8H,4-5,9H2,1-3H3. The Morgan fingerprint density at radius 3 is 2.56 bits per heavy atom. The molecule has 0 amide bonds. The fraction of sp³-hybridized carbons (Fsp3) is 0.429. The lowest BCUT2D eigenvalue weighted by atomic mass is 10.1. The Bertz CT molecular complexity index is 422. The van der Waals surface area contributed by atoms with Crippen LogP contribution in [0.15, 0.2) is 22.2 Å². The summed E-state index contributed by atoms with van der Waals surface area (Å²) in [6.45, 7) is 4.72. The Balaban J connectivity index is 3.17. The molecule has 0 atom stereocenters. The number of benzene rings is 1. The first-order chi connectivity index (χ1) is 8.65. The maximum absolute atomic E-state index is 5.57. The van der Waals surface area contributed by atoms with E-state index in [4.69, 9.17) is 9.47 Å². The molecule has 0 saturated carbocycles. The van der Waals surface area contributed by atoms with E-state index in [1.807, 2.05) is 19.1 Å². The van der Waals surface area contributed by atoms with E-state index < -0.39 is 0 Å². The molecule has 0 radical (unpaired) electrons. The predicted molar refractivity (Wildman–Crippen MR) is 83.9 cm³/mol. The second-order valence-electron chi connectivity index (χ2n) is 3.76. The molecule has 2 nitrogen and oxygen atoms in total. The van der Waals surface area contributed by atoms with E-state index in [1.54, 1.807) is 7.11 Å². The van der Waals surface area contributed by atoms with Crippen LogP contribution in [0.3, 0.4) is 0 Å². The van der Waals surface area contributed by atoms with Gasteiger partial charge in [-0.3, -0.25) is 0 Å². The summed E-state index contributed by atoms with van der Waals surface area (Å²) >= 11 is 7.02. The monoisotopic (exact) mass is 376 g/mol. The number of alkyl halides is 1. The van der Waals surface area contributed by atoms with Crippen LogP contribution in [0, 0.1) is 0 Å². The summed E-state index contributed by atoms with van der Waals surface area (Å²) in [5.41, 5.74) is 2.45. The number of halogens is 2. The van der Waals surface area contributed by atoms with E-state index in [0.29, 0.717) is 6.61 Å². The molecular formula is C14H18Br2O2. The highest BCUT2D eigenvalue weighted by molar-refractivity contribution is 9.10. The van der Waals surface area contributed by atoms with Crippen LogP contribution in [0.5, 0.6) is 11.5 Å². The smallest absolute Gasteiger partial charge is 0.175 e. The van der Waals surface area contributed by atoms with Gasteiger partial charge in [-0.25, -0.2) is 0 Å². The number of allylic oxidation sites excluding steroid dienone is 1. The minimum atomic E-state index is 0.617. The van der Waals surface area contributed by atoms with Crippen LogP contribution in [0.4, 0.5) is 0 Å². The SMILES string of the molecule is CCOc1c(Br)cc(C=C(CC)CBr)cc1OC. The zero-order valence-electron chi connectivity index (χ0n) is 10.9. The molecule has 0 aliphatic rings. The number of methoxy groups -OCH3 is 1. The quantitative estimate of drug-likeness (QED) is 0.646. The van der Waals surface area contributed by atoms with Crippen molar-refractivity contribution in [2.75, 3.05) is 19.0 Å². The Labute approximate surface area is 126 Å². The van der Waals surface area contributed by atoms with E-state index in [2.05, 4.69) is 44.9 Å². The van der Waals surface area contributed by atoms with Crippen LogP contribution in [0.2, 0.25) is 0 Å². The zero-order valence-corrected chi connectivity index (χ0v) is 14.1. The normalized spacial score (nSPS) is 11.5. The molecule has 1 aromatic carbocycles. The molecule has 4 heteroatoms. The van der Waals surface area contributed by atoms with Gasteiger partial charge < -0.3 is 9.47 Å². The Hall–Kier alpha value is -0.480. The highest BCUT2D eigenvalue weighted by Crippen LogP contribution is 2.37. The van der Waals surface area contributed by atoms with Gasteiger partial charge in [0.25, 0.3) is 0 Å². The molecule has 100 valence electrons. The summed E-state index contributed by atoms with van der Waals surface area (Å²) in [6, 6.07) is 4.04. The molecule has 0 spiro atoms. The summed E-state index contributed by atoms with van der Waals surface area (Å²) in [7, 11) is 1.66. The molecular weight excluding hydrogens is 360 g/mol. The fourth-order valence-electron chi connectivity index (χ4n) is 1.58. The highest BCUT2D eigenvalue weighted by Gasteiger charge is 2.10. The van der Waals surface area contributed by atoms with Gasteiger partial charge in [0, 0.05) is 5.33 Å². The molecule has 0 aliphatic carbocycles. The molecule has 0 aromatic heterocycles. The van der Waals surface area contributed by atoms with E-state index >= 15 is 0 Å². The van der Waals surface area contributed by atoms with Gasteiger partial charge >= 0.3 is 0 Å². The van der Waals surface area contributed by atoms with Gasteiger partial charge in [-0.1, -0.05) is 34.5 Å². The van der Waals surface area contributed by atoms with E-state index in [-0.39, 0.29) is 0 Å². The van der Waals surface area contributed by atoms with Crippen molar-refractivity contribution in [1.82, 2.24) is 0 Å². The maximum Gasteiger partial charge on any atom is 0.175 e. The number of rotatable bonds is 6. The van der Waals surface area contributed by atoms with Gasteiger partial charge in [-0.05, 0) is 47.0 Å². The number of ether oxygens (including phenoxy) is 2. The average molecular weight is 378 g/mol. The van der Waals surface area contributed by atoms with Crippen molar-refractivity contribution < 1.29 is 9.47 Å². The molecule has 0 saturated heterocycles. The molecule has 0 aliphatic heterocycles. The average Bonchev–Trinajstić information content (AvgIpc) is 2.38. The van der Waals surface area contributed by atoms with Crippen molar-refractivity contribution in [3.8, 4) is 11.5 Å². The Kier molecular flexibility index (Phi) is 6.79. The first-order valence-corrected chi connectivity index (χ1v) is 7.83.